The van der Waals surface area contributed by atoms with Gasteiger partial charge in [0.05, 0.1) is 9.26 Å². The first-order valence-electron chi connectivity index (χ1n) is 5.69. The molecular formula is C12H18IN3. The Morgan fingerprint density at radius 3 is 2.31 bits per heavy atom. The lowest BCUT2D eigenvalue weighted by Crippen LogP contribution is -2.19. The van der Waals surface area contributed by atoms with E-state index in [4.69, 9.17) is 4.98 Å². The van der Waals surface area contributed by atoms with E-state index in [-0.39, 0.29) is 5.41 Å². The molecule has 88 valence electrons. The van der Waals surface area contributed by atoms with Crippen molar-refractivity contribution >= 4 is 28.4 Å². The van der Waals surface area contributed by atoms with Gasteiger partial charge in [-0.05, 0) is 35.4 Å². The molecule has 1 aliphatic carbocycles. The van der Waals surface area contributed by atoms with Crippen molar-refractivity contribution in [2.75, 3.05) is 12.4 Å². The third kappa shape index (κ3) is 2.31. The molecule has 1 heterocycles. The normalized spacial score (nSPS) is 16.3. The van der Waals surface area contributed by atoms with Crippen LogP contribution in [0.15, 0.2) is 0 Å². The van der Waals surface area contributed by atoms with Crippen LogP contribution in [0.1, 0.15) is 51.0 Å². The van der Waals surface area contributed by atoms with Gasteiger partial charge >= 0.3 is 0 Å². The van der Waals surface area contributed by atoms with Gasteiger partial charge in [0.2, 0.25) is 0 Å². The average Bonchev–Trinajstić information content (AvgIpc) is 2.99. The number of hydrogen-bond donors (Lipinski definition) is 1. The summed E-state index contributed by atoms with van der Waals surface area (Å²) >= 11 is 2.34. The Hall–Kier alpha value is -0.390. The first-order chi connectivity index (χ1) is 7.43. The fourth-order valence-electron chi connectivity index (χ4n) is 1.65. The van der Waals surface area contributed by atoms with Crippen LogP contribution >= 0.6 is 22.6 Å². The van der Waals surface area contributed by atoms with Crippen molar-refractivity contribution in [3.63, 3.8) is 0 Å². The summed E-state index contributed by atoms with van der Waals surface area (Å²) in [4.78, 5) is 9.35. The second-order valence-corrected chi connectivity index (χ2v) is 6.45. The van der Waals surface area contributed by atoms with Crippen molar-refractivity contribution in [1.82, 2.24) is 9.97 Å². The van der Waals surface area contributed by atoms with Gasteiger partial charge in [0.25, 0.3) is 0 Å². The molecule has 1 aromatic heterocycles. The molecule has 0 spiro atoms. The summed E-state index contributed by atoms with van der Waals surface area (Å²) < 4.78 is 1.15. The van der Waals surface area contributed by atoms with Crippen molar-refractivity contribution in [2.24, 2.45) is 0 Å². The Bertz CT molecular complexity index is 405. The van der Waals surface area contributed by atoms with Gasteiger partial charge in [0.15, 0.2) is 0 Å². The summed E-state index contributed by atoms with van der Waals surface area (Å²) in [6.07, 6.45) is 2.49. The maximum atomic E-state index is 4.76. The fraction of sp³-hybridized carbons (Fsp3) is 0.667. The number of halogens is 1. The number of anilines is 1. The van der Waals surface area contributed by atoms with E-state index in [1.807, 2.05) is 7.05 Å². The highest BCUT2D eigenvalue weighted by Crippen LogP contribution is 2.40. The predicted molar refractivity (Wildman–Crippen MR) is 75.0 cm³/mol. The zero-order valence-corrected chi connectivity index (χ0v) is 12.4. The molecule has 0 amide bonds. The van der Waals surface area contributed by atoms with Crippen LogP contribution in [0.25, 0.3) is 0 Å². The van der Waals surface area contributed by atoms with E-state index in [1.54, 1.807) is 0 Å². The Morgan fingerprint density at radius 2 is 1.88 bits per heavy atom. The molecule has 0 saturated heterocycles. The molecule has 16 heavy (non-hydrogen) atoms. The molecular weight excluding hydrogens is 313 g/mol. The summed E-state index contributed by atoms with van der Waals surface area (Å²) in [5.74, 6) is 2.60. The Kier molecular flexibility index (Phi) is 3.11. The molecule has 1 fully saturated rings. The van der Waals surface area contributed by atoms with Crippen LogP contribution in [0, 0.1) is 3.57 Å². The molecule has 0 radical (unpaired) electrons. The second kappa shape index (κ2) is 4.13. The van der Waals surface area contributed by atoms with Crippen molar-refractivity contribution < 1.29 is 0 Å². The smallest absolute Gasteiger partial charge is 0.143 e. The fourth-order valence-corrected chi connectivity index (χ4v) is 2.97. The van der Waals surface area contributed by atoms with Gasteiger partial charge in [0.1, 0.15) is 11.6 Å². The highest BCUT2D eigenvalue weighted by Gasteiger charge is 2.30. The van der Waals surface area contributed by atoms with Crippen molar-refractivity contribution in [2.45, 2.75) is 44.9 Å². The Balaban J connectivity index is 2.53. The Morgan fingerprint density at radius 1 is 1.25 bits per heavy atom. The molecule has 0 aliphatic heterocycles. The van der Waals surface area contributed by atoms with Crippen molar-refractivity contribution in [1.29, 1.82) is 0 Å². The topological polar surface area (TPSA) is 37.8 Å². The van der Waals surface area contributed by atoms with E-state index in [1.165, 1.54) is 12.8 Å². The summed E-state index contributed by atoms with van der Waals surface area (Å²) in [6, 6.07) is 0. The second-order valence-electron chi connectivity index (χ2n) is 5.37. The zero-order valence-electron chi connectivity index (χ0n) is 10.3. The van der Waals surface area contributed by atoms with Gasteiger partial charge in [-0.3, -0.25) is 0 Å². The highest BCUT2D eigenvalue weighted by molar-refractivity contribution is 14.1. The maximum absolute atomic E-state index is 4.76. The van der Waals surface area contributed by atoms with Gasteiger partial charge in [-0.2, -0.15) is 0 Å². The van der Waals surface area contributed by atoms with E-state index < -0.39 is 0 Å². The maximum Gasteiger partial charge on any atom is 0.143 e. The molecule has 4 heteroatoms. The van der Waals surface area contributed by atoms with Crippen molar-refractivity contribution in [3.8, 4) is 0 Å². The summed E-state index contributed by atoms with van der Waals surface area (Å²) in [7, 11) is 1.92. The quantitative estimate of drug-likeness (QED) is 0.845. The monoisotopic (exact) mass is 331 g/mol. The first-order valence-corrected chi connectivity index (χ1v) is 6.77. The predicted octanol–water partition coefficient (Wildman–Crippen LogP) is 3.30. The summed E-state index contributed by atoms with van der Waals surface area (Å²) in [6.45, 7) is 6.61. The SMILES string of the molecule is CNc1nc(C2CC2)nc(C(C)(C)C)c1I. The molecule has 1 saturated carbocycles. The van der Waals surface area contributed by atoms with Gasteiger partial charge < -0.3 is 5.32 Å². The standard InChI is InChI=1S/C12H18IN3/c1-12(2,3)9-8(13)11(14-4)16-10(15-9)7-5-6-7/h7H,5-6H2,1-4H3,(H,14,15,16). The molecule has 0 bridgehead atoms. The lowest BCUT2D eigenvalue weighted by Gasteiger charge is -2.21. The number of aromatic nitrogens is 2. The van der Waals surface area contributed by atoms with Gasteiger partial charge in [-0.25, -0.2) is 9.97 Å². The zero-order chi connectivity index (χ0) is 11.9. The van der Waals surface area contributed by atoms with Gasteiger partial charge in [0, 0.05) is 18.4 Å². The minimum Gasteiger partial charge on any atom is -0.372 e. The molecule has 0 unspecified atom stereocenters. The van der Waals surface area contributed by atoms with Crippen LogP contribution in [0.2, 0.25) is 0 Å². The summed E-state index contributed by atoms with van der Waals surface area (Å²) in [5.41, 5.74) is 1.24. The molecule has 0 atom stereocenters. The van der Waals surface area contributed by atoms with Crippen molar-refractivity contribution in [3.05, 3.63) is 15.1 Å². The number of nitrogens with one attached hydrogen (secondary N) is 1. The third-order valence-electron chi connectivity index (χ3n) is 2.76. The third-order valence-corrected chi connectivity index (χ3v) is 3.78. The number of rotatable bonds is 2. The van der Waals surface area contributed by atoms with E-state index in [0.29, 0.717) is 5.92 Å². The molecule has 0 aromatic carbocycles. The largest absolute Gasteiger partial charge is 0.372 e. The average molecular weight is 331 g/mol. The Labute approximate surface area is 111 Å². The van der Waals surface area contributed by atoms with E-state index >= 15 is 0 Å². The molecule has 1 aromatic rings. The molecule has 3 nitrogen and oxygen atoms in total. The number of nitrogens with zero attached hydrogens (tertiary/aromatic N) is 2. The van der Waals surface area contributed by atoms with Gasteiger partial charge in [-0.1, -0.05) is 20.8 Å². The highest BCUT2D eigenvalue weighted by atomic mass is 127. The minimum absolute atomic E-state index is 0.0781. The van der Waals surface area contributed by atoms with Crippen LogP contribution in [0.3, 0.4) is 0 Å². The molecule has 2 rings (SSSR count). The molecule has 1 N–H and O–H groups in total. The van der Waals surface area contributed by atoms with Crippen LogP contribution in [0.5, 0.6) is 0 Å². The van der Waals surface area contributed by atoms with E-state index in [0.717, 1.165) is 20.9 Å². The first kappa shape index (κ1) is 12.1. The van der Waals surface area contributed by atoms with E-state index in [2.05, 4.69) is 53.7 Å². The minimum atomic E-state index is 0.0781. The van der Waals surface area contributed by atoms with Crippen LogP contribution in [0.4, 0.5) is 5.82 Å². The summed E-state index contributed by atoms with van der Waals surface area (Å²) in [5, 5.41) is 3.17. The van der Waals surface area contributed by atoms with Crippen LogP contribution in [-0.4, -0.2) is 17.0 Å². The van der Waals surface area contributed by atoms with Crippen LogP contribution in [-0.2, 0) is 5.41 Å². The lowest BCUT2D eigenvalue weighted by atomic mass is 9.92. The van der Waals surface area contributed by atoms with E-state index in [9.17, 15) is 0 Å². The number of hydrogen-bond acceptors (Lipinski definition) is 3. The molecule has 1 aliphatic rings. The van der Waals surface area contributed by atoms with Crippen LogP contribution < -0.4 is 5.32 Å². The lowest BCUT2D eigenvalue weighted by molar-refractivity contribution is 0.558. The van der Waals surface area contributed by atoms with Gasteiger partial charge in [-0.15, -0.1) is 0 Å².